The van der Waals surface area contributed by atoms with Crippen LogP contribution in [0.25, 0.3) is 0 Å². The van der Waals surface area contributed by atoms with Gasteiger partial charge in [0.15, 0.2) is 4.21 Å². The van der Waals surface area contributed by atoms with Crippen LogP contribution in [-0.2, 0) is 20.0 Å². The predicted molar refractivity (Wildman–Crippen MR) is 80.6 cm³/mol. The normalized spacial score (nSPS) is 12.3. The Kier molecular flexibility index (Phi) is 4.21. The van der Waals surface area contributed by atoms with Gasteiger partial charge in [0.05, 0.1) is 10.6 Å². The highest BCUT2D eigenvalue weighted by atomic mass is 79.9. The Morgan fingerprint density at radius 1 is 1.15 bits per heavy atom. The van der Waals surface area contributed by atoms with Crippen molar-refractivity contribution in [3.63, 3.8) is 0 Å². The Balaban J connectivity index is 2.42. The Labute approximate surface area is 128 Å². The standard InChI is InChI=1S/C10H9BrN2O4S3/c11-7-2-1-3-8(6-7)20(16,17)13-9-4-5-18-10(9)19(12,14)15/h1-6,13H,(H2,12,14,15). The number of nitrogens with two attached hydrogens (primary N) is 1. The van der Waals surface area contributed by atoms with Crippen LogP contribution in [0.1, 0.15) is 0 Å². The Bertz CT molecular complexity index is 843. The molecular weight excluding hydrogens is 388 g/mol. The van der Waals surface area contributed by atoms with Gasteiger partial charge in [-0.3, -0.25) is 4.72 Å². The molecule has 0 saturated carbocycles. The van der Waals surface area contributed by atoms with E-state index >= 15 is 0 Å². The van der Waals surface area contributed by atoms with Gasteiger partial charge < -0.3 is 0 Å². The van der Waals surface area contributed by atoms with E-state index in [4.69, 9.17) is 5.14 Å². The van der Waals surface area contributed by atoms with E-state index in [1.54, 1.807) is 12.1 Å². The Hall–Kier alpha value is -0.940. The van der Waals surface area contributed by atoms with Gasteiger partial charge in [-0.05, 0) is 29.6 Å². The van der Waals surface area contributed by atoms with Crippen molar-refractivity contribution in [1.82, 2.24) is 0 Å². The number of nitrogens with one attached hydrogen (secondary N) is 1. The van der Waals surface area contributed by atoms with Crippen LogP contribution < -0.4 is 9.86 Å². The molecule has 2 rings (SSSR count). The SMILES string of the molecule is NS(=O)(=O)c1sccc1NS(=O)(=O)c1cccc(Br)c1. The number of primary sulfonamides is 1. The van der Waals surface area contributed by atoms with Crippen molar-refractivity contribution in [2.75, 3.05) is 4.72 Å². The fourth-order valence-electron chi connectivity index (χ4n) is 1.43. The maximum Gasteiger partial charge on any atom is 0.261 e. The molecule has 1 aromatic heterocycles. The number of rotatable bonds is 4. The monoisotopic (exact) mass is 396 g/mol. The second-order valence-electron chi connectivity index (χ2n) is 3.73. The number of hydrogen-bond acceptors (Lipinski definition) is 5. The lowest BCUT2D eigenvalue weighted by Gasteiger charge is -2.08. The first-order valence-electron chi connectivity index (χ1n) is 5.09. The van der Waals surface area contributed by atoms with Crippen LogP contribution in [-0.4, -0.2) is 16.8 Å². The van der Waals surface area contributed by atoms with Gasteiger partial charge in [-0.2, -0.15) is 0 Å². The maximum absolute atomic E-state index is 12.2. The first-order valence-corrected chi connectivity index (χ1v) is 9.79. The van der Waals surface area contributed by atoms with Gasteiger partial charge in [0.1, 0.15) is 0 Å². The number of sulfonamides is 2. The highest BCUT2D eigenvalue weighted by molar-refractivity contribution is 9.10. The summed E-state index contributed by atoms with van der Waals surface area (Å²) < 4.78 is 49.6. The second kappa shape index (κ2) is 5.45. The molecule has 0 aliphatic rings. The third-order valence-corrected chi connectivity index (χ3v) is 6.52. The molecule has 3 N–H and O–H groups in total. The summed E-state index contributed by atoms with van der Waals surface area (Å²) in [5.41, 5.74) is -0.0579. The molecule has 20 heavy (non-hydrogen) atoms. The molecule has 0 unspecified atom stereocenters. The molecule has 0 aliphatic carbocycles. The highest BCUT2D eigenvalue weighted by Crippen LogP contribution is 2.28. The van der Waals surface area contributed by atoms with E-state index in [1.807, 2.05) is 0 Å². The molecule has 0 fully saturated rings. The third kappa shape index (κ3) is 3.38. The highest BCUT2D eigenvalue weighted by Gasteiger charge is 2.21. The van der Waals surface area contributed by atoms with Gasteiger partial charge in [-0.25, -0.2) is 22.0 Å². The number of thiophene rings is 1. The van der Waals surface area contributed by atoms with E-state index < -0.39 is 20.0 Å². The van der Waals surface area contributed by atoms with Gasteiger partial charge >= 0.3 is 0 Å². The lowest BCUT2D eigenvalue weighted by molar-refractivity contribution is 0.600. The lowest BCUT2D eigenvalue weighted by Crippen LogP contribution is -2.17. The summed E-state index contributed by atoms with van der Waals surface area (Å²) >= 11 is 4.02. The molecule has 0 atom stereocenters. The van der Waals surface area contributed by atoms with E-state index in [9.17, 15) is 16.8 Å². The minimum atomic E-state index is -3.97. The number of halogens is 1. The van der Waals surface area contributed by atoms with Crippen molar-refractivity contribution >= 4 is 53.0 Å². The van der Waals surface area contributed by atoms with E-state index in [-0.39, 0.29) is 14.8 Å². The molecule has 0 bridgehead atoms. The summed E-state index contributed by atoms with van der Waals surface area (Å²) in [7, 11) is -7.85. The van der Waals surface area contributed by atoms with Crippen molar-refractivity contribution in [2.24, 2.45) is 5.14 Å². The summed E-state index contributed by atoms with van der Waals surface area (Å²) in [4.78, 5) is 0.0124. The topological polar surface area (TPSA) is 106 Å². The van der Waals surface area contributed by atoms with Crippen molar-refractivity contribution in [1.29, 1.82) is 0 Å². The molecule has 0 saturated heterocycles. The number of benzene rings is 1. The molecule has 108 valence electrons. The molecule has 2 aromatic rings. The zero-order valence-corrected chi connectivity index (χ0v) is 13.8. The van der Waals surface area contributed by atoms with Gasteiger partial charge in [-0.1, -0.05) is 22.0 Å². The quantitative estimate of drug-likeness (QED) is 0.823. The van der Waals surface area contributed by atoms with Crippen LogP contribution in [0.5, 0.6) is 0 Å². The van der Waals surface area contributed by atoms with Crippen molar-refractivity contribution < 1.29 is 16.8 Å². The van der Waals surface area contributed by atoms with E-state index in [1.165, 1.54) is 23.6 Å². The van der Waals surface area contributed by atoms with Crippen molar-refractivity contribution in [3.8, 4) is 0 Å². The summed E-state index contributed by atoms with van der Waals surface area (Å²) in [5.74, 6) is 0. The Morgan fingerprint density at radius 2 is 1.85 bits per heavy atom. The summed E-state index contributed by atoms with van der Waals surface area (Å²) in [6, 6.07) is 7.40. The van der Waals surface area contributed by atoms with Crippen LogP contribution in [0.15, 0.2) is 49.3 Å². The molecular formula is C10H9BrN2O4S3. The summed E-state index contributed by atoms with van der Waals surface area (Å²) in [5, 5.41) is 6.47. The number of hydrogen-bond donors (Lipinski definition) is 2. The third-order valence-electron chi connectivity index (χ3n) is 2.24. The molecule has 0 amide bonds. The van der Waals surface area contributed by atoms with Gasteiger partial charge in [0.25, 0.3) is 10.0 Å². The van der Waals surface area contributed by atoms with E-state index in [2.05, 4.69) is 20.7 Å². The maximum atomic E-state index is 12.2. The van der Waals surface area contributed by atoms with Crippen LogP contribution in [0, 0.1) is 0 Å². The van der Waals surface area contributed by atoms with E-state index in [0.29, 0.717) is 4.47 Å². The fourth-order valence-corrected chi connectivity index (χ4v) is 4.93. The molecule has 0 radical (unpaired) electrons. The zero-order chi connectivity index (χ0) is 15.0. The zero-order valence-electron chi connectivity index (χ0n) is 9.78. The summed E-state index contributed by atoms with van der Waals surface area (Å²) in [6.45, 7) is 0. The van der Waals surface area contributed by atoms with Crippen molar-refractivity contribution in [3.05, 3.63) is 40.2 Å². The lowest BCUT2D eigenvalue weighted by atomic mass is 10.4. The average molecular weight is 397 g/mol. The molecule has 6 nitrogen and oxygen atoms in total. The van der Waals surface area contributed by atoms with Gasteiger partial charge in [-0.15, -0.1) is 11.3 Å². The van der Waals surface area contributed by atoms with Crippen molar-refractivity contribution in [2.45, 2.75) is 9.10 Å². The summed E-state index contributed by atoms with van der Waals surface area (Å²) in [6.07, 6.45) is 0. The van der Waals surface area contributed by atoms with Crippen LogP contribution in [0.2, 0.25) is 0 Å². The average Bonchev–Trinajstić information content (AvgIpc) is 2.76. The predicted octanol–water partition coefficient (Wildman–Crippen LogP) is 1.96. The first-order chi connectivity index (χ1) is 9.20. The molecule has 0 spiro atoms. The van der Waals surface area contributed by atoms with Gasteiger partial charge in [0.2, 0.25) is 10.0 Å². The largest absolute Gasteiger partial charge is 0.277 e. The minimum absolute atomic E-state index is 0.0124. The van der Waals surface area contributed by atoms with Crippen LogP contribution in [0.3, 0.4) is 0 Å². The Morgan fingerprint density at radius 3 is 2.45 bits per heavy atom. The van der Waals surface area contributed by atoms with E-state index in [0.717, 1.165) is 11.3 Å². The number of anilines is 1. The van der Waals surface area contributed by atoms with Gasteiger partial charge in [0, 0.05) is 4.47 Å². The minimum Gasteiger partial charge on any atom is -0.277 e. The molecule has 0 aliphatic heterocycles. The fraction of sp³-hybridized carbons (Fsp3) is 0. The molecule has 1 heterocycles. The van der Waals surface area contributed by atoms with Crippen LogP contribution in [0.4, 0.5) is 5.69 Å². The molecule has 10 heteroatoms. The molecule has 1 aromatic carbocycles. The second-order valence-corrected chi connectivity index (χ2v) is 9.00. The smallest absolute Gasteiger partial charge is 0.261 e. The van der Waals surface area contributed by atoms with Crippen LogP contribution >= 0.6 is 27.3 Å². The first kappa shape index (κ1) is 15.4.